The molecule has 0 fully saturated rings. The fraction of sp³-hybridized carbons (Fsp3) is 0.438. The Morgan fingerprint density at radius 2 is 1.18 bits per heavy atom. The maximum absolute atomic E-state index is 9.31. The lowest BCUT2D eigenvalue weighted by molar-refractivity contribution is 0.144. The Hall–Kier alpha value is -2.42. The van der Waals surface area contributed by atoms with Crippen molar-refractivity contribution in [2.45, 2.75) is 71.6 Å². The molecule has 0 spiro atoms. The molecule has 0 heterocycles. The van der Waals surface area contributed by atoms with E-state index < -0.39 is 0 Å². The van der Waals surface area contributed by atoms with Gasteiger partial charge in [0.25, 0.3) is 0 Å². The van der Waals surface area contributed by atoms with E-state index in [4.69, 9.17) is 0 Å². The fourth-order valence-corrected chi connectivity index (χ4v) is 4.58. The number of hydrogen-bond donors (Lipinski definition) is 2. The first-order valence-electron chi connectivity index (χ1n) is 13.2. The van der Waals surface area contributed by atoms with Crippen molar-refractivity contribution in [3.8, 4) is 11.1 Å². The van der Waals surface area contributed by atoms with Crippen LogP contribution in [0.3, 0.4) is 0 Å². The molecular formula is C32H42O2. The zero-order chi connectivity index (χ0) is 24.2. The molecule has 0 aromatic heterocycles. The first-order valence-corrected chi connectivity index (χ1v) is 13.2. The van der Waals surface area contributed by atoms with Gasteiger partial charge in [-0.3, -0.25) is 0 Å². The van der Waals surface area contributed by atoms with Crippen LogP contribution in [0.25, 0.3) is 11.1 Å². The van der Waals surface area contributed by atoms with Gasteiger partial charge in [-0.1, -0.05) is 93.4 Å². The second kappa shape index (κ2) is 14.1. The quantitative estimate of drug-likeness (QED) is 0.256. The van der Waals surface area contributed by atoms with Crippen LogP contribution >= 0.6 is 0 Å². The summed E-state index contributed by atoms with van der Waals surface area (Å²) in [4.78, 5) is 0. The Morgan fingerprint density at radius 3 is 1.74 bits per heavy atom. The lowest BCUT2D eigenvalue weighted by Gasteiger charge is -2.14. The second-order valence-electron chi connectivity index (χ2n) is 9.59. The smallest absolute Gasteiger partial charge is 0.0481 e. The summed E-state index contributed by atoms with van der Waals surface area (Å²) in [5, 5.41) is 18.6. The van der Waals surface area contributed by atoms with Gasteiger partial charge in [-0.15, -0.1) is 0 Å². The molecule has 2 nitrogen and oxygen atoms in total. The van der Waals surface area contributed by atoms with Crippen molar-refractivity contribution in [1.82, 2.24) is 0 Å². The fourth-order valence-electron chi connectivity index (χ4n) is 4.58. The van der Waals surface area contributed by atoms with Gasteiger partial charge in [0.1, 0.15) is 0 Å². The van der Waals surface area contributed by atoms with Crippen molar-refractivity contribution in [2.75, 3.05) is 13.2 Å². The van der Waals surface area contributed by atoms with Crippen molar-refractivity contribution < 1.29 is 10.2 Å². The molecule has 3 aromatic rings. The molecule has 0 aliphatic heterocycles. The van der Waals surface area contributed by atoms with E-state index in [1.807, 2.05) is 0 Å². The maximum atomic E-state index is 9.31. The molecule has 2 heteroatoms. The van der Waals surface area contributed by atoms with E-state index in [2.05, 4.69) is 80.6 Å². The van der Waals surface area contributed by atoms with Crippen LogP contribution in [0.5, 0.6) is 0 Å². The van der Waals surface area contributed by atoms with Crippen molar-refractivity contribution >= 4 is 0 Å². The molecule has 0 atom stereocenters. The number of unbranched alkanes of at least 4 members (excludes halogenated alkanes) is 2. The molecule has 2 N–H and O–H groups in total. The summed E-state index contributed by atoms with van der Waals surface area (Å²) >= 11 is 0. The number of hydrogen-bond acceptors (Lipinski definition) is 2. The van der Waals surface area contributed by atoms with E-state index in [0.29, 0.717) is 0 Å². The van der Waals surface area contributed by atoms with Crippen LogP contribution in [0, 0.1) is 5.92 Å². The minimum atomic E-state index is -0.0268. The Kier molecular flexibility index (Phi) is 10.9. The molecule has 3 rings (SSSR count). The Balaban J connectivity index is 1.58. The SMILES string of the molecule is CCCCCc1ccc(CCc2ccc(-c3ccc(CCC(CO)CO)cc3CC)cc2)cc1. The van der Waals surface area contributed by atoms with Gasteiger partial charge in [-0.25, -0.2) is 0 Å². The minimum absolute atomic E-state index is 0.0268. The van der Waals surface area contributed by atoms with E-state index in [0.717, 1.165) is 32.1 Å². The predicted octanol–water partition coefficient (Wildman–Crippen LogP) is 6.97. The minimum Gasteiger partial charge on any atom is -0.396 e. The van der Waals surface area contributed by atoms with Crippen LogP contribution in [0.4, 0.5) is 0 Å². The average Bonchev–Trinajstić information content (AvgIpc) is 2.89. The van der Waals surface area contributed by atoms with Crippen molar-refractivity contribution in [3.63, 3.8) is 0 Å². The summed E-state index contributed by atoms with van der Waals surface area (Å²) in [7, 11) is 0. The van der Waals surface area contributed by atoms with Crippen molar-refractivity contribution in [2.24, 2.45) is 5.92 Å². The Labute approximate surface area is 206 Å². The summed E-state index contributed by atoms with van der Waals surface area (Å²) in [6, 6.07) is 25.0. The molecule has 0 radical (unpaired) electrons. The van der Waals surface area contributed by atoms with Gasteiger partial charge < -0.3 is 10.2 Å². The molecule has 3 aromatic carbocycles. The van der Waals surface area contributed by atoms with Crippen LogP contribution < -0.4 is 0 Å². The maximum Gasteiger partial charge on any atom is 0.0481 e. The topological polar surface area (TPSA) is 40.5 Å². The van der Waals surface area contributed by atoms with Crippen LogP contribution in [0.2, 0.25) is 0 Å². The largest absolute Gasteiger partial charge is 0.396 e. The third-order valence-corrected chi connectivity index (χ3v) is 6.97. The highest BCUT2D eigenvalue weighted by Gasteiger charge is 2.09. The Morgan fingerprint density at radius 1 is 0.618 bits per heavy atom. The van der Waals surface area contributed by atoms with E-state index in [1.54, 1.807) is 0 Å². The third kappa shape index (κ3) is 7.82. The summed E-state index contributed by atoms with van der Waals surface area (Å²) < 4.78 is 0. The molecule has 34 heavy (non-hydrogen) atoms. The van der Waals surface area contributed by atoms with Gasteiger partial charge in [-0.2, -0.15) is 0 Å². The first kappa shape index (κ1) is 26.2. The van der Waals surface area contributed by atoms with Crippen LogP contribution in [-0.2, 0) is 32.1 Å². The normalized spacial score (nSPS) is 11.3. The average molecular weight is 459 g/mol. The molecule has 0 amide bonds. The van der Waals surface area contributed by atoms with Crippen LogP contribution in [0.15, 0.2) is 66.7 Å². The second-order valence-corrected chi connectivity index (χ2v) is 9.59. The van der Waals surface area contributed by atoms with E-state index in [1.165, 1.54) is 64.6 Å². The molecule has 0 saturated heterocycles. The summed E-state index contributed by atoms with van der Waals surface area (Å²) in [5.74, 6) is -0.0268. The number of aliphatic hydroxyl groups excluding tert-OH is 2. The molecule has 0 saturated carbocycles. The van der Waals surface area contributed by atoms with Gasteiger partial charge >= 0.3 is 0 Å². The molecule has 0 bridgehead atoms. The lowest BCUT2D eigenvalue weighted by atomic mass is 9.92. The van der Waals surface area contributed by atoms with E-state index >= 15 is 0 Å². The molecular weight excluding hydrogens is 416 g/mol. The number of benzene rings is 3. The van der Waals surface area contributed by atoms with Gasteiger partial charge in [0.2, 0.25) is 0 Å². The highest BCUT2D eigenvalue weighted by Crippen LogP contribution is 2.27. The van der Waals surface area contributed by atoms with Crippen molar-refractivity contribution in [1.29, 1.82) is 0 Å². The summed E-state index contributed by atoms with van der Waals surface area (Å²) in [6.45, 7) is 4.55. The molecule has 0 aliphatic carbocycles. The summed E-state index contributed by atoms with van der Waals surface area (Å²) in [5.41, 5.74) is 9.46. The van der Waals surface area contributed by atoms with Crippen molar-refractivity contribution in [3.05, 3.63) is 94.5 Å². The number of rotatable bonds is 14. The Bertz CT molecular complexity index is 969. The first-order chi connectivity index (χ1) is 16.7. The number of aliphatic hydroxyl groups is 2. The van der Waals surface area contributed by atoms with E-state index in [-0.39, 0.29) is 19.1 Å². The zero-order valence-corrected chi connectivity index (χ0v) is 21.1. The van der Waals surface area contributed by atoms with Gasteiger partial charge in [0, 0.05) is 19.1 Å². The van der Waals surface area contributed by atoms with Gasteiger partial charge in [0.05, 0.1) is 0 Å². The lowest BCUT2D eigenvalue weighted by Crippen LogP contribution is -2.11. The molecule has 0 unspecified atom stereocenters. The predicted molar refractivity (Wildman–Crippen MR) is 144 cm³/mol. The zero-order valence-electron chi connectivity index (χ0n) is 21.1. The number of aryl methyl sites for hydroxylation is 5. The highest BCUT2D eigenvalue weighted by atomic mass is 16.3. The third-order valence-electron chi connectivity index (χ3n) is 6.97. The van der Waals surface area contributed by atoms with Gasteiger partial charge in [-0.05, 0) is 83.9 Å². The summed E-state index contributed by atoms with van der Waals surface area (Å²) in [6.07, 6.45) is 9.90. The molecule has 182 valence electrons. The molecule has 0 aliphatic rings. The van der Waals surface area contributed by atoms with Gasteiger partial charge in [0.15, 0.2) is 0 Å². The highest BCUT2D eigenvalue weighted by molar-refractivity contribution is 5.68. The standard InChI is InChI=1S/C32H42O2/c1-3-5-6-7-25-8-10-26(11-9-25)12-13-27-16-19-31(20-17-27)32-21-18-28(22-30(32)4-2)14-15-29(23-33)24-34/h8-11,16-22,29,33-34H,3-7,12-15,23-24H2,1-2H3. The monoisotopic (exact) mass is 458 g/mol. The van der Waals surface area contributed by atoms with Crippen LogP contribution in [-0.4, -0.2) is 23.4 Å². The van der Waals surface area contributed by atoms with E-state index in [9.17, 15) is 10.2 Å². The van der Waals surface area contributed by atoms with Crippen LogP contribution in [0.1, 0.15) is 67.3 Å².